The molecule has 1 aromatic carbocycles. The van der Waals surface area contributed by atoms with Gasteiger partial charge in [0.15, 0.2) is 0 Å². The van der Waals surface area contributed by atoms with Crippen molar-refractivity contribution >= 4 is 17.4 Å². The molecule has 18 heavy (non-hydrogen) atoms. The number of anilines is 2. The summed E-state index contributed by atoms with van der Waals surface area (Å²) in [6.45, 7) is 1.82. The molecule has 1 aromatic heterocycles. The Balaban J connectivity index is 2.22. The minimum absolute atomic E-state index is 0.0520. The number of hydrogen-bond donors (Lipinski definition) is 2. The number of hydrogen-bond acceptors (Lipinski definition) is 3. The average molecular weight is 248 g/mol. The van der Waals surface area contributed by atoms with Gasteiger partial charge in [0.05, 0.1) is 11.4 Å². The smallest absolute Gasteiger partial charge is 0.256 e. The second-order valence-corrected chi connectivity index (χ2v) is 3.98. The molecule has 94 valence electrons. The summed E-state index contributed by atoms with van der Waals surface area (Å²) in [6, 6.07) is 5.58. The largest absolute Gasteiger partial charge is 0.396 e. The number of nitrogens with two attached hydrogens (primary N) is 1. The Labute approximate surface area is 103 Å². The first kappa shape index (κ1) is 12.1. The zero-order chi connectivity index (χ0) is 13.3. The van der Waals surface area contributed by atoms with E-state index < -0.39 is 5.82 Å². The van der Waals surface area contributed by atoms with Gasteiger partial charge in [-0.2, -0.15) is 5.10 Å². The van der Waals surface area contributed by atoms with Gasteiger partial charge in [0.2, 0.25) is 0 Å². The standard InChI is InChI=1S/C12H13FN4O/c1-7-5-11(17(2)16-7)15-12(18)8-3-4-9(13)10(14)6-8/h3-6H,14H2,1-2H3,(H,15,18). The van der Waals surface area contributed by atoms with Crippen LogP contribution in [0, 0.1) is 12.7 Å². The average Bonchev–Trinajstić information content (AvgIpc) is 2.61. The van der Waals surface area contributed by atoms with Crippen LogP contribution in [0.5, 0.6) is 0 Å². The number of aryl methyl sites for hydroxylation is 2. The van der Waals surface area contributed by atoms with Gasteiger partial charge in [-0.15, -0.1) is 0 Å². The molecule has 5 nitrogen and oxygen atoms in total. The van der Waals surface area contributed by atoms with Gasteiger partial charge < -0.3 is 11.1 Å². The zero-order valence-corrected chi connectivity index (χ0v) is 10.1. The number of nitrogen functional groups attached to an aromatic ring is 1. The molecular formula is C12H13FN4O. The van der Waals surface area contributed by atoms with Gasteiger partial charge in [0.1, 0.15) is 11.6 Å². The van der Waals surface area contributed by atoms with Crippen LogP contribution in [-0.2, 0) is 7.05 Å². The van der Waals surface area contributed by atoms with Crippen LogP contribution in [0.15, 0.2) is 24.3 Å². The molecule has 0 atom stereocenters. The van der Waals surface area contributed by atoms with Crippen molar-refractivity contribution in [3.8, 4) is 0 Å². The summed E-state index contributed by atoms with van der Waals surface area (Å²) < 4.78 is 14.5. The van der Waals surface area contributed by atoms with Crippen molar-refractivity contribution < 1.29 is 9.18 Å². The lowest BCUT2D eigenvalue weighted by molar-refractivity contribution is 0.102. The number of nitrogens with one attached hydrogen (secondary N) is 1. The first-order valence-electron chi connectivity index (χ1n) is 5.34. The maximum absolute atomic E-state index is 13.0. The van der Waals surface area contributed by atoms with Crippen LogP contribution in [0.25, 0.3) is 0 Å². The minimum Gasteiger partial charge on any atom is -0.396 e. The van der Waals surface area contributed by atoms with Crippen LogP contribution in [-0.4, -0.2) is 15.7 Å². The van der Waals surface area contributed by atoms with Crippen molar-refractivity contribution in [2.24, 2.45) is 7.05 Å². The molecule has 0 aliphatic rings. The third kappa shape index (κ3) is 2.32. The minimum atomic E-state index is -0.539. The summed E-state index contributed by atoms with van der Waals surface area (Å²) in [5, 5.41) is 6.78. The topological polar surface area (TPSA) is 72.9 Å². The summed E-state index contributed by atoms with van der Waals surface area (Å²) in [7, 11) is 1.72. The maximum atomic E-state index is 13.0. The second-order valence-electron chi connectivity index (χ2n) is 3.98. The highest BCUT2D eigenvalue weighted by Gasteiger charge is 2.11. The molecule has 0 saturated carbocycles. The van der Waals surface area contributed by atoms with E-state index in [4.69, 9.17) is 5.73 Å². The Morgan fingerprint density at radius 1 is 1.44 bits per heavy atom. The fraction of sp³-hybridized carbons (Fsp3) is 0.167. The molecule has 3 N–H and O–H groups in total. The molecule has 0 spiro atoms. The molecular weight excluding hydrogens is 235 g/mol. The molecule has 1 heterocycles. The summed E-state index contributed by atoms with van der Waals surface area (Å²) in [4.78, 5) is 11.9. The van der Waals surface area contributed by atoms with E-state index in [0.29, 0.717) is 11.4 Å². The van der Waals surface area contributed by atoms with Crippen molar-refractivity contribution in [2.45, 2.75) is 6.92 Å². The Kier molecular flexibility index (Phi) is 3.01. The summed E-state index contributed by atoms with van der Waals surface area (Å²) in [5.74, 6) is -0.326. The van der Waals surface area contributed by atoms with E-state index in [9.17, 15) is 9.18 Å². The van der Waals surface area contributed by atoms with Gasteiger partial charge in [-0.3, -0.25) is 9.48 Å². The molecule has 2 rings (SSSR count). The van der Waals surface area contributed by atoms with E-state index in [1.54, 1.807) is 17.8 Å². The molecule has 0 aliphatic heterocycles. The number of carbonyl (C=O) groups excluding carboxylic acids is 1. The predicted molar refractivity (Wildman–Crippen MR) is 66.7 cm³/mol. The van der Waals surface area contributed by atoms with Crippen molar-refractivity contribution in [1.29, 1.82) is 0 Å². The SMILES string of the molecule is Cc1cc(NC(=O)c2ccc(F)c(N)c2)n(C)n1. The van der Waals surface area contributed by atoms with Gasteiger partial charge in [-0.1, -0.05) is 0 Å². The van der Waals surface area contributed by atoms with E-state index in [-0.39, 0.29) is 11.6 Å². The van der Waals surface area contributed by atoms with Crippen molar-refractivity contribution in [2.75, 3.05) is 11.1 Å². The highest BCUT2D eigenvalue weighted by molar-refractivity contribution is 6.04. The number of carbonyl (C=O) groups is 1. The van der Waals surface area contributed by atoms with Gasteiger partial charge in [0.25, 0.3) is 5.91 Å². The summed E-state index contributed by atoms with van der Waals surface area (Å²) >= 11 is 0. The third-order valence-electron chi connectivity index (χ3n) is 2.50. The lowest BCUT2D eigenvalue weighted by atomic mass is 10.2. The van der Waals surface area contributed by atoms with E-state index in [2.05, 4.69) is 10.4 Å². The Hall–Kier alpha value is -2.37. The first-order valence-corrected chi connectivity index (χ1v) is 5.34. The highest BCUT2D eigenvalue weighted by atomic mass is 19.1. The normalized spacial score (nSPS) is 10.4. The Morgan fingerprint density at radius 2 is 2.17 bits per heavy atom. The fourth-order valence-electron chi connectivity index (χ4n) is 1.60. The van der Waals surface area contributed by atoms with Crippen molar-refractivity contribution in [3.05, 3.63) is 41.3 Å². The number of aromatic nitrogens is 2. The van der Waals surface area contributed by atoms with Crippen molar-refractivity contribution in [1.82, 2.24) is 9.78 Å². The quantitative estimate of drug-likeness (QED) is 0.794. The molecule has 0 aliphatic carbocycles. The van der Waals surface area contributed by atoms with E-state index in [1.807, 2.05) is 6.92 Å². The van der Waals surface area contributed by atoms with Crippen LogP contribution < -0.4 is 11.1 Å². The van der Waals surface area contributed by atoms with Crippen LogP contribution in [0.2, 0.25) is 0 Å². The fourth-order valence-corrected chi connectivity index (χ4v) is 1.60. The van der Waals surface area contributed by atoms with Crippen molar-refractivity contribution in [3.63, 3.8) is 0 Å². The first-order chi connectivity index (χ1) is 8.47. The monoisotopic (exact) mass is 248 g/mol. The second kappa shape index (κ2) is 4.48. The molecule has 0 saturated heterocycles. The Bertz CT molecular complexity index is 606. The Morgan fingerprint density at radius 3 is 2.72 bits per heavy atom. The summed E-state index contributed by atoms with van der Waals surface area (Å²) in [6.07, 6.45) is 0. The number of benzene rings is 1. The number of rotatable bonds is 2. The molecule has 0 bridgehead atoms. The lowest BCUT2D eigenvalue weighted by Gasteiger charge is -2.06. The van der Waals surface area contributed by atoms with Gasteiger partial charge in [0, 0.05) is 18.7 Å². The van der Waals surface area contributed by atoms with Gasteiger partial charge in [-0.05, 0) is 25.1 Å². The number of amides is 1. The molecule has 6 heteroatoms. The van der Waals surface area contributed by atoms with Crippen LogP contribution in [0.3, 0.4) is 0 Å². The molecule has 0 unspecified atom stereocenters. The van der Waals surface area contributed by atoms with E-state index >= 15 is 0 Å². The van der Waals surface area contributed by atoms with Gasteiger partial charge >= 0.3 is 0 Å². The van der Waals surface area contributed by atoms with Gasteiger partial charge in [-0.25, -0.2) is 4.39 Å². The zero-order valence-electron chi connectivity index (χ0n) is 10.1. The molecule has 0 radical (unpaired) electrons. The maximum Gasteiger partial charge on any atom is 0.256 e. The van der Waals surface area contributed by atoms with E-state index in [1.165, 1.54) is 18.2 Å². The molecule has 2 aromatic rings. The van der Waals surface area contributed by atoms with Crippen LogP contribution in [0.1, 0.15) is 16.1 Å². The highest BCUT2D eigenvalue weighted by Crippen LogP contribution is 2.14. The van der Waals surface area contributed by atoms with Crippen LogP contribution in [0.4, 0.5) is 15.9 Å². The predicted octanol–water partition coefficient (Wildman–Crippen LogP) is 1.70. The van der Waals surface area contributed by atoms with Crippen LogP contribution >= 0.6 is 0 Å². The lowest BCUT2D eigenvalue weighted by Crippen LogP contribution is -2.15. The molecule has 0 fully saturated rings. The third-order valence-corrected chi connectivity index (χ3v) is 2.50. The number of halogens is 1. The number of nitrogens with zero attached hydrogens (tertiary/aromatic N) is 2. The van der Waals surface area contributed by atoms with E-state index in [0.717, 1.165) is 5.69 Å². The summed E-state index contributed by atoms with van der Waals surface area (Å²) in [5.41, 5.74) is 6.46. The molecule has 1 amide bonds.